The van der Waals surface area contributed by atoms with Crippen LogP contribution in [0.25, 0.3) is 16.7 Å². The highest BCUT2D eigenvalue weighted by atomic mass is 16.4. The molecule has 0 aliphatic carbocycles. The Morgan fingerprint density at radius 2 is 1.85 bits per heavy atom. The van der Waals surface area contributed by atoms with E-state index in [9.17, 15) is 14.7 Å². The van der Waals surface area contributed by atoms with Crippen LogP contribution in [0.5, 0.6) is 0 Å². The molecular formula is C25H22N6O3. The van der Waals surface area contributed by atoms with E-state index in [1.165, 1.54) is 0 Å². The molecule has 0 aliphatic rings. The molecule has 5 rings (SSSR count). The summed E-state index contributed by atoms with van der Waals surface area (Å²) < 4.78 is 3.48. The SMILES string of the molecule is Cc1cc2ncc(C(=O)Nc3ccc4ncn(C(CC(=O)O)c5ccccc5)c4c3)c(C)n2n1. The van der Waals surface area contributed by atoms with Gasteiger partial charge in [-0.15, -0.1) is 0 Å². The minimum Gasteiger partial charge on any atom is -0.481 e. The van der Waals surface area contributed by atoms with Crippen LogP contribution < -0.4 is 5.32 Å². The number of anilines is 1. The zero-order valence-corrected chi connectivity index (χ0v) is 18.6. The van der Waals surface area contributed by atoms with Crippen molar-refractivity contribution >= 4 is 34.2 Å². The Morgan fingerprint density at radius 3 is 2.62 bits per heavy atom. The third kappa shape index (κ3) is 3.88. The lowest BCUT2D eigenvalue weighted by molar-refractivity contribution is -0.137. The maximum atomic E-state index is 13.1. The highest BCUT2D eigenvalue weighted by Crippen LogP contribution is 2.28. The molecule has 170 valence electrons. The standard InChI is InChI=1S/C25H22N6O3/c1-15-10-23-26-13-19(16(2)31(23)29-15)25(34)28-18-8-9-20-22(11-18)30(14-27-20)21(12-24(32)33)17-6-4-3-5-7-17/h3-11,13-14,21H,12H2,1-2H3,(H,28,34)(H,32,33). The average Bonchev–Trinajstić information content (AvgIpc) is 3.41. The highest BCUT2D eigenvalue weighted by molar-refractivity contribution is 6.05. The van der Waals surface area contributed by atoms with Crippen LogP contribution in [0.15, 0.2) is 67.1 Å². The number of nitrogens with one attached hydrogen (secondary N) is 1. The van der Waals surface area contributed by atoms with Gasteiger partial charge in [0.1, 0.15) is 0 Å². The summed E-state index contributed by atoms with van der Waals surface area (Å²) in [6, 6.07) is 16.2. The van der Waals surface area contributed by atoms with E-state index in [-0.39, 0.29) is 12.3 Å². The smallest absolute Gasteiger partial charge is 0.305 e. The second kappa shape index (κ2) is 8.43. The molecule has 9 nitrogen and oxygen atoms in total. The largest absolute Gasteiger partial charge is 0.481 e. The lowest BCUT2D eigenvalue weighted by Gasteiger charge is -2.18. The van der Waals surface area contributed by atoms with E-state index >= 15 is 0 Å². The van der Waals surface area contributed by atoms with Crippen LogP contribution in [-0.4, -0.2) is 41.1 Å². The Balaban J connectivity index is 1.50. The van der Waals surface area contributed by atoms with E-state index in [1.54, 1.807) is 35.2 Å². The van der Waals surface area contributed by atoms with Crippen LogP contribution in [0.2, 0.25) is 0 Å². The third-order valence-corrected chi connectivity index (χ3v) is 5.81. The number of aryl methyl sites for hydroxylation is 2. The number of benzene rings is 2. The maximum Gasteiger partial charge on any atom is 0.305 e. The van der Waals surface area contributed by atoms with Crippen molar-refractivity contribution in [3.63, 3.8) is 0 Å². The number of carboxylic acids is 1. The van der Waals surface area contributed by atoms with Gasteiger partial charge in [-0.05, 0) is 37.6 Å². The first-order valence-corrected chi connectivity index (χ1v) is 10.8. The molecule has 1 atom stereocenters. The molecule has 3 heterocycles. The number of imidazole rings is 1. The molecule has 2 N–H and O–H groups in total. The normalized spacial score (nSPS) is 12.2. The number of fused-ring (bicyclic) bond motifs is 2. The van der Waals surface area contributed by atoms with E-state index in [0.717, 1.165) is 16.8 Å². The summed E-state index contributed by atoms with van der Waals surface area (Å²) in [5.74, 6) is -1.22. The summed E-state index contributed by atoms with van der Waals surface area (Å²) in [7, 11) is 0. The Labute approximate surface area is 194 Å². The molecule has 0 saturated carbocycles. The number of carbonyl (C=O) groups excluding carboxylic acids is 1. The number of hydrogen-bond acceptors (Lipinski definition) is 5. The maximum absolute atomic E-state index is 13.1. The van der Waals surface area contributed by atoms with E-state index in [2.05, 4.69) is 20.4 Å². The lowest BCUT2D eigenvalue weighted by Crippen LogP contribution is -2.16. The molecule has 0 aliphatic heterocycles. The minimum absolute atomic E-state index is 0.0970. The van der Waals surface area contributed by atoms with Crippen LogP contribution in [0.3, 0.4) is 0 Å². The molecule has 0 fully saturated rings. The van der Waals surface area contributed by atoms with Crippen LogP contribution in [0, 0.1) is 13.8 Å². The number of nitrogens with zero attached hydrogens (tertiary/aromatic N) is 5. The second-order valence-corrected chi connectivity index (χ2v) is 8.15. The molecule has 1 unspecified atom stereocenters. The van der Waals surface area contributed by atoms with E-state index < -0.39 is 12.0 Å². The molecule has 1 amide bonds. The van der Waals surface area contributed by atoms with E-state index in [0.29, 0.717) is 28.1 Å². The summed E-state index contributed by atoms with van der Waals surface area (Å²) >= 11 is 0. The van der Waals surface area contributed by atoms with Crippen molar-refractivity contribution in [2.24, 2.45) is 0 Å². The fraction of sp³-hybridized carbons (Fsp3) is 0.160. The van der Waals surface area contributed by atoms with Crippen molar-refractivity contribution in [1.82, 2.24) is 24.1 Å². The van der Waals surface area contributed by atoms with Gasteiger partial charge in [0.05, 0.1) is 46.8 Å². The van der Waals surface area contributed by atoms with Crippen LogP contribution in [-0.2, 0) is 4.79 Å². The van der Waals surface area contributed by atoms with Crippen LogP contribution in [0.4, 0.5) is 5.69 Å². The number of hydrogen-bond donors (Lipinski definition) is 2. The molecule has 0 spiro atoms. The fourth-order valence-corrected chi connectivity index (χ4v) is 4.15. The first-order valence-electron chi connectivity index (χ1n) is 10.8. The number of rotatable bonds is 6. The Morgan fingerprint density at radius 1 is 1.06 bits per heavy atom. The molecule has 0 saturated heterocycles. The van der Waals surface area contributed by atoms with Gasteiger partial charge in [0, 0.05) is 18.0 Å². The molecular weight excluding hydrogens is 432 g/mol. The van der Waals surface area contributed by atoms with Crippen molar-refractivity contribution in [1.29, 1.82) is 0 Å². The molecule has 9 heteroatoms. The van der Waals surface area contributed by atoms with Gasteiger partial charge in [0.25, 0.3) is 5.91 Å². The van der Waals surface area contributed by atoms with Crippen molar-refractivity contribution in [2.45, 2.75) is 26.3 Å². The first kappa shape index (κ1) is 21.3. The fourth-order valence-electron chi connectivity index (χ4n) is 4.15. The zero-order valence-electron chi connectivity index (χ0n) is 18.6. The van der Waals surface area contributed by atoms with Gasteiger partial charge in [0.2, 0.25) is 0 Å². The Bertz CT molecular complexity index is 1540. The summed E-state index contributed by atoms with van der Waals surface area (Å²) in [4.78, 5) is 33.4. The molecule has 3 aromatic heterocycles. The average molecular weight is 454 g/mol. The lowest BCUT2D eigenvalue weighted by atomic mass is 10.0. The van der Waals surface area contributed by atoms with E-state index in [4.69, 9.17) is 0 Å². The van der Waals surface area contributed by atoms with Gasteiger partial charge < -0.3 is 15.0 Å². The Hall–Kier alpha value is -4.53. The van der Waals surface area contributed by atoms with Crippen molar-refractivity contribution in [3.05, 3.63) is 89.6 Å². The minimum atomic E-state index is -0.910. The predicted octanol–water partition coefficient (Wildman–Crippen LogP) is 4.01. The quantitative estimate of drug-likeness (QED) is 0.401. The van der Waals surface area contributed by atoms with Crippen LogP contribution in [0.1, 0.15) is 39.8 Å². The number of aliphatic carboxylic acids is 1. The van der Waals surface area contributed by atoms with Gasteiger partial charge in [-0.1, -0.05) is 30.3 Å². The predicted molar refractivity (Wildman–Crippen MR) is 127 cm³/mol. The molecule has 5 aromatic rings. The van der Waals surface area contributed by atoms with Crippen molar-refractivity contribution in [3.8, 4) is 0 Å². The summed E-state index contributed by atoms with van der Waals surface area (Å²) in [6.07, 6.45) is 3.08. The number of amides is 1. The Kier molecular flexibility index (Phi) is 5.29. The third-order valence-electron chi connectivity index (χ3n) is 5.81. The number of aromatic nitrogens is 5. The van der Waals surface area contributed by atoms with Crippen molar-refractivity contribution < 1.29 is 14.7 Å². The zero-order chi connectivity index (χ0) is 23.8. The number of carboxylic acid groups (broad SMARTS) is 1. The molecule has 34 heavy (non-hydrogen) atoms. The molecule has 0 bridgehead atoms. The van der Waals surface area contributed by atoms with Gasteiger partial charge in [-0.3, -0.25) is 9.59 Å². The first-order chi connectivity index (χ1) is 16.4. The van der Waals surface area contributed by atoms with Crippen LogP contribution >= 0.6 is 0 Å². The summed E-state index contributed by atoms with van der Waals surface area (Å²) in [6.45, 7) is 3.70. The van der Waals surface area contributed by atoms with Gasteiger partial charge in [-0.25, -0.2) is 14.5 Å². The van der Waals surface area contributed by atoms with Crippen molar-refractivity contribution in [2.75, 3.05) is 5.32 Å². The number of carbonyl (C=O) groups is 2. The van der Waals surface area contributed by atoms with Gasteiger partial charge >= 0.3 is 5.97 Å². The van der Waals surface area contributed by atoms with Gasteiger partial charge in [-0.2, -0.15) is 5.10 Å². The molecule has 2 aromatic carbocycles. The molecule has 0 radical (unpaired) electrons. The summed E-state index contributed by atoms with van der Waals surface area (Å²) in [5, 5.41) is 16.8. The van der Waals surface area contributed by atoms with Gasteiger partial charge in [0.15, 0.2) is 5.65 Å². The highest BCUT2D eigenvalue weighted by Gasteiger charge is 2.20. The second-order valence-electron chi connectivity index (χ2n) is 8.15. The van der Waals surface area contributed by atoms with E-state index in [1.807, 2.05) is 54.8 Å². The monoisotopic (exact) mass is 454 g/mol. The summed E-state index contributed by atoms with van der Waals surface area (Å²) in [5.41, 5.74) is 5.46. The topological polar surface area (TPSA) is 114 Å².